The molecule has 0 N–H and O–H groups in total. The van der Waals surface area contributed by atoms with Crippen LogP contribution in [0.2, 0.25) is 0 Å². The minimum absolute atomic E-state index is 0.631. The second-order valence-electron chi connectivity index (χ2n) is 13.1. The van der Waals surface area contributed by atoms with E-state index < -0.39 is 0 Å². The van der Waals surface area contributed by atoms with E-state index in [0.29, 0.717) is 17.5 Å². The van der Waals surface area contributed by atoms with Crippen LogP contribution in [0.3, 0.4) is 0 Å². The van der Waals surface area contributed by atoms with Gasteiger partial charge in [-0.05, 0) is 72.8 Å². The molecule has 0 bridgehead atoms. The van der Waals surface area contributed by atoms with Gasteiger partial charge in [0.15, 0.2) is 17.5 Å². The molecule has 0 saturated heterocycles. The molecule has 0 spiro atoms. The van der Waals surface area contributed by atoms with Gasteiger partial charge >= 0.3 is 0 Å². The maximum atomic E-state index is 5.06. The first-order valence-electron chi connectivity index (χ1n) is 17.5. The summed E-state index contributed by atoms with van der Waals surface area (Å²) in [5.74, 6) is 1.90. The topological polar surface area (TPSA) is 51.6 Å². The van der Waals surface area contributed by atoms with E-state index in [1.165, 1.54) is 37.9 Å². The van der Waals surface area contributed by atoms with Gasteiger partial charge in [0.1, 0.15) is 0 Å². The molecule has 0 aliphatic heterocycles. The lowest BCUT2D eigenvalue weighted by Gasteiger charge is -2.14. The molecule has 0 aliphatic rings. The fraction of sp³-hybridized carbons (Fsp3) is 0. The maximum absolute atomic E-state index is 5.06. The monoisotopic (exact) mass is 662 g/mol. The van der Waals surface area contributed by atoms with Crippen molar-refractivity contribution < 1.29 is 0 Å². The smallest absolute Gasteiger partial charge is 0.164 e. The minimum Gasteiger partial charge on any atom is -0.256 e. The molecule has 52 heavy (non-hydrogen) atoms. The first-order chi connectivity index (χ1) is 25.8. The van der Waals surface area contributed by atoms with E-state index >= 15 is 0 Å². The van der Waals surface area contributed by atoms with Crippen molar-refractivity contribution in [3.8, 4) is 56.4 Å². The van der Waals surface area contributed by atoms with Gasteiger partial charge in [0, 0.05) is 28.3 Å². The van der Waals surface area contributed by atoms with Crippen molar-refractivity contribution in [1.29, 1.82) is 0 Å². The Morgan fingerprint density at radius 3 is 1.56 bits per heavy atom. The summed E-state index contributed by atoms with van der Waals surface area (Å²) < 4.78 is 0. The van der Waals surface area contributed by atoms with Gasteiger partial charge in [-0.2, -0.15) is 0 Å². The lowest BCUT2D eigenvalue weighted by atomic mass is 9.89. The Bertz CT molecular complexity index is 2930. The van der Waals surface area contributed by atoms with Gasteiger partial charge in [-0.1, -0.05) is 158 Å². The molecule has 4 nitrogen and oxygen atoms in total. The zero-order valence-electron chi connectivity index (χ0n) is 28.1. The Morgan fingerprint density at radius 2 is 0.846 bits per heavy atom. The predicted octanol–water partition coefficient (Wildman–Crippen LogP) is 12.2. The molecule has 0 saturated carbocycles. The number of rotatable bonds is 5. The highest BCUT2D eigenvalue weighted by Gasteiger charge is 2.16. The van der Waals surface area contributed by atoms with E-state index in [9.17, 15) is 0 Å². The molecule has 0 atom stereocenters. The molecule has 10 rings (SSSR count). The average Bonchev–Trinajstić information content (AvgIpc) is 3.23. The molecule has 10 aromatic rings. The van der Waals surface area contributed by atoms with E-state index in [1.54, 1.807) is 0 Å². The molecular formula is C48H30N4. The molecule has 8 aromatic carbocycles. The lowest BCUT2D eigenvalue weighted by Crippen LogP contribution is -2.00. The third-order valence-corrected chi connectivity index (χ3v) is 9.97. The van der Waals surface area contributed by atoms with Crippen LogP contribution in [0.15, 0.2) is 182 Å². The third-order valence-electron chi connectivity index (χ3n) is 9.97. The number of fused-ring (bicyclic) bond motifs is 5. The molecular weight excluding hydrogens is 633 g/mol. The number of benzene rings is 8. The van der Waals surface area contributed by atoms with Gasteiger partial charge < -0.3 is 0 Å². The summed E-state index contributed by atoms with van der Waals surface area (Å²) >= 11 is 0. The van der Waals surface area contributed by atoms with Crippen LogP contribution in [0.25, 0.3) is 99.6 Å². The zero-order valence-corrected chi connectivity index (χ0v) is 28.1. The summed E-state index contributed by atoms with van der Waals surface area (Å²) in [5.41, 5.74) is 8.42. The highest BCUT2D eigenvalue weighted by Crippen LogP contribution is 2.40. The van der Waals surface area contributed by atoms with Crippen molar-refractivity contribution in [1.82, 2.24) is 19.9 Å². The SMILES string of the molecule is c1ccc(-c2nc(-c3ccc(-c4ccnc5ccccc45)cc3)nc(-c3ccc(-c4c5ccccc5cc5c4ccc4ccccc45)cc3)n2)cc1. The zero-order chi connectivity index (χ0) is 34.4. The van der Waals surface area contributed by atoms with Gasteiger partial charge in [0.2, 0.25) is 0 Å². The molecule has 2 aromatic heterocycles. The summed E-state index contributed by atoms with van der Waals surface area (Å²) in [6.07, 6.45) is 1.87. The minimum atomic E-state index is 0.631. The predicted molar refractivity (Wildman–Crippen MR) is 215 cm³/mol. The van der Waals surface area contributed by atoms with Crippen LogP contribution >= 0.6 is 0 Å². The molecule has 0 fully saturated rings. The van der Waals surface area contributed by atoms with Crippen molar-refractivity contribution in [2.24, 2.45) is 0 Å². The van der Waals surface area contributed by atoms with Crippen LogP contribution in [-0.2, 0) is 0 Å². The Morgan fingerprint density at radius 1 is 0.308 bits per heavy atom. The van der Waals surface area contributed by atoms with Gasteiger partial charge in [-0.3, -0.25) is 4.98 Å². The maximum Gasteiger partial charge on any atom is 0.164 e. The molecule has 0 unspecified atom stereocenters. The number of hydrogen-bond acceptors (Lipinski definition) is 4. The van der Waals surface area contributed by atoms with Gasteiger partial charge in [0.25, 0.3) is 0 Å². The largest absolute Gasteiger partial charge is 0.256 e. The van der Waals surface area contributed by atoms with E-state index in [-0.39, 0.29) is 0 Å². The fourth-order valence-electron chi connectivity index (χ4n) is 7.41. The summed E-state index contributed by atoms with van der Waals surface area (Å²) in [6, 6.07) is 61.6. The Balaban J connectivity index is 1.08. The second-order valence-corrected chi connectivity index (χ2v) is 13.1. The Labute approximate surface area is 300 Å². The second kappa shape index (κ2) is 12.4. The van der Waals surface area contributed by atoms with Crippen LogP contribution in [0, 0.1) is 0 Å². The highest BCUT2D eigenvalue weighted by atomic mass is 15.0. The molecule has 4 heteroatoms. The number of para-hydroxylation sites is 1. The van der Waals surface area contributed by atoms with E-state index in [1.807, 2.05) is 48.7 Å². The molecule has 242 valence electrons. The standard InChI is InChI=1S/C48H30N4/c1-2-11-34(12-3-1)46-50-47(35-22-18-32(19-23-35)39-28-29-49-44-17-9-8-16-41(39)44)52-48(51-46)36-24-20-33(21-25-36)45-40-15-7-5-13-37(40)30-43-38-14-6-4-10-31(38)26-27-42(43)45/h1-30H. The Hall–Kier alpha value is -7.04. The first-order valence-corrected chi connectivity index (χ1v) is 17.5. The highest BCUT2D eigenvalue weighted by molar-refractivity contribution is 6.20. The summed E-state index contributed by atoms with van der Waals surface area (Å²) in [5, 5.41) is 8.58. The molecule has 0 amide bonds. The van der Waals surface area contributed by atoms with Gasteiger partial charge in [0.05, 0.1) is 5.52 Å². The number of aromatic nitrogens is 4. The quantitative estimate of drug-likeness (QED) is 0.136. The van der Waals surface area contributed by atoms with Gasteiger partial charge in [-0.15, -0.1) is 0 Å². The summed E-state index contributed by atoms with van der Waals surface area (Å²) in [4.78, 5) is 19.6. The average molecular weight is 663 g/mol. The van der Waals surface area contributed by atoms with Crippen LogP contribution in [0.5, 0.6) is 0 Å². The van der Waals surface area contributed by atoms with Crippen LogP contribution < -0.4 is 0 Å². The summed E-state index contributed by atoms with van der Waals surface area (Å²) in [6.45, 7) is 0. The van der Waals surface area contributed by atoms with E-state index in [2.05, 4.69) is 138 Å². The van der Waals surface area contributed by atoms with Gasteiger partial charge in [-0.25, -0.2) is 15.0 Å². The van der Waals surface area contributed by atoms with E-state index in [0.717, 1.165) is 44.3 Å². The lowest BCUT2D eigenvalue weighted by molar-refractivity contribution is 1.07. The number of pyridine rings is 1. The van der Waals surface area contributed by atoms with Crippen molar-refractivity contribution >= 4 is 43.2 Å². The first kappa shape index (κ1) is 29.8. The fourth-order valence-corrected chi connectivity index (χ4v) is 7.41. The normalized spacial score (nSPS) is 11.5. The van der Waals surface area contributed by atoms with E-state index in [4.69, 9.17) is 15.0 Å². The molecule has 0 aliphatic carbocycles. The Kier molecular flexibility index (Phi) is 7.10. The van der Waals surface area contributed by atoms with Crippen LogP contribution in [-0.4, -0.2) is 19.9 Å². The van der Waals surface area contributed by atoms with Crippen molar-refractivity contribution in [3.63, 3.8) is 0 Å². The number of hydrogen-bond donors (Lipinski definition) is 0. The molecule has 2 heterocycles. The van der Waals surface area contributed by atoms with Crippen molar-refractivity contribution in [2.45, 2.75) is 0 Å². The van der Waals surface area contributed by atoms with Crippen LogP contribution in [0.1, 0.15) is 0 Å². The summed E-state index contributed by atoms with van der Waals surface area (Å²) in [7, 11) is 0. The van der Waals surface area contributed by atoms with Crippen LogP contribution in [0.4, 0.5) is 0 Å². The van der Waals surface area contributed by atoms with Crippen molar-refractivity contribution in [2.75, 3.05) is 0 Å². The molecule has 0 radical (unpaired) electrons. The van der Waals surface area contributed by atoms with Crippen molar-refractivity contribution in [3.05, 3.63) is 182 Å². The number of nitrogens with zero attached hydrogens (tertiary/aromatic N) is 4. The third kappa shape index (κ3) is 5.17.